The number of sulfonamides is 1. The van der Waals surface area contributed by atoms with Crippen molar-refractivity contribution in [2.45, 2.75) is 17.9 Å². The van der Waals surface area contributed by atoms with Gasteiger partial charge in [0.25, 0.3) is 15.7 Å². The third-order valence-corrected chi connectivity index (χ3v) is 6.22. The van der Waals surface area contributed by atoms with Crippen LogP contribution in [0.25, 0.3) is 0 Å². The summed E-state index contributed by atoms with van der Waals surface area (Å²) in [4.78, 5) is 21.2. The molecule has 0 aliphatic heterocycles. The van der Waals surface area contributed by atoms with Crippen LogP contribution in [0.4, 0.5) is 11.4 Å². The van der Waals surface area contributed by atoms with Gasteiger partial charge >= 0.3 is 5.97 Å². The molecule has 2 aromatic rings. The van der Waals surface area contributed by atoms with Crippen molar-refractivity contribution in [1.82, 2.24) is 0 Å². The second-order valence-electron chi connectivity index (χ2n) is 5.11. The van der Waals surface area contributed by atoms with Crippen molar-refractivity contribution < 1.29 is 23.2 Å². The molecule has 0 bridgehead atoms. The lowest BCUT2D eigenvalue weighted by Gasteiger charge is -2.28. The number of hydrogen-bond acceptors (Lipinski definition) is 5. The molecular weight excluding hydrogens is 407 g/mol. The number of para-hydroxylation sites is 1. The molecule has 0 aromatic heterocycles. The number of aliphatic carboxylic acids is 1. The number of anilines is 1. The summed E-state index contributed by atoms with van der Waals surface area (Å²) in [6.45, 7) is 1.12. The molecule has 2 aromatic carbocycles. The van der Waals surface area contributed by atoms with Crippen LogP contribution in [0.1, 0.15) is 6.92 Å². The first kappa shape index (κ1) is 20.0. The van der Waals surface area contributed by atoms with Crippen molar-refractivity contribution in [3.63, 3.8) is 0 Å². The molecule has 0 spiro atoms. The summed E-state index contributed by atoms with van der Waals surface area (Å²) in [6, 6.07) is 7.08. The molecule has 0 aliphatic rings. The number of nitro benzene ring substituents is 1. The van der Waals surface area contributed by atoms with Crippen LogP contribution in [0.2, 0.25) is 10.0 Å². The van der Waals surface area contributed by atoms with Crippen molar-refractivity contribution in [3.05, 3.63) is 62.6 Å². The number of benzene rings is 2. The molecular formula is C15H12Cl2N2O6S. The minimum Gasteiger partial charge on any atom is -0.480 e. The molecule has 0 saturated heterocycles. The Labute approximate surface area is 158 Å². The van der Waals surface area contributed by atoms with Gasteiger partial charge in [0.15, 0.2) is 4.90 Å². The van der Waals surface area contributed by atoms with Crippen molar-refractivity contribution in [3.8, 4) is 0 Å². The predicted octanol–water partition coefficient (Wildman–Crippen LogP) is 3.57. The third kappa shape index (κ3) is 3.59. The zero-order chi connectivity index (χ0) is 19.6. The van der Waals surface area contributed by atoms with Gasteiger partial charge in [0.2, 0.25) is 0 Å². The molecule has 8 nitrogen and oxygen atoms in total. The minimum absolute atomic E-state index is 0.00418. The van der Waals surface area contributed by atoms with E-state index in [0.717, 1.165) is 19.1 Å². The number of carboxylic acids is 1. The minimum atomic E-state index is -4.65. The summed E-state index contributed by atoms with van der Waals surface area (Å²) in [7, 11) is -4.65. The molecule has 26 heavy (non-hydrogen) atoms. The number of carbonyl (C=O) groups is 1. The number of nitrogens with zero attached hydrogens (tertiary/aromatic N) is 2. The van der Waals surface area contributed by atoms with Gasteiger partial charge in [0.1, 0.15) is 6.04 Å². The van der Waals surface area contributed by atoms with Crippen molar-refractivity contribution in [2.24, 2.45) is 0 Å². The second-order valence-corrected chi connectivity index (χ2v) is 7.68. The van der Waals surface area contributed by atoms with Crippen molar-refractivity contribution in [2.75, 3.05) is 4.31 Å². The lowest BCUT2D eigenvalue weighted by atomic mass is 10.2. The first-order valence-electron chi connectivity index (χ1n) is 7.03. The van der Waals surface area contributed by atoms with Gasteiger partial charge in [-0.25, -0.2) is 13.2 Å². The molecule has 1 atom stereocenters. The van der Waals surface area contributed by atoms with Crippen LogP contribution >= 0.6 is 23.2 Å². The van der Waals surface area contributed by atoms with Gasteiger partial charge in [0, 0.05) is 6.07 Å². The SMILES string of the molecule is CC(C(=O)O)N(c1cccc(Cl)c1Cl)S(=O)(=O)c1ccccc1[N+](=O)[O-]. The van der Waals surface area contributed by atoms with Gasteiger partial charge in [-0.1, -0.05) is 41.4 Å². The molecule has 0 fully saturated rings. The lowest BCUT2D eigenvalue weighted by Crippen LogP contribution is -2.43. The van der Waals surface area contributed by atoms with E-state index in [2.05, 4.69) is 0 Å². The first-order valence-corrected chi connectivity index (χ1v) is 9.23. The quantitative estimate of drug-likeness (QED) is 0.565. The summed E-state index contributed by atoms with van der Waals surface area (Å²) in [6.07, 6.45) is 0. The van der Waals surface area contributed by atoms with Gasteiger partial charge < -0.3 is 5.11 Å². The molecule has 2 rings (SSSR count). The highest BCUT2D eigenvalue weighted by Crippen LogP contribution is 2.38. The van der Waals surface area contributed by atoms with Crippen LogP contribution in [0.3, 0.4) is 0 Å². The van der Waals surface area contributed by atoms with E-state index in [4.69, 9.17) is 23.2 Å². The van der Waals surface area contributed by atoms with Crippen LogP contribution in [0, 0.1) is 10.1 Å². The maximum absolute atomic E-state index is 13.1. The molecule has 1 N–H and O–H groups in total. The zero-order valence-electron chi connectivity index (χ0n) is 13.2. The Morgan fingerprint density at radius 3 is 2.38 bits per heavy atom. The predicted molar refractivity (Wildman–Crippen MR) is 96.3 cm³/mol. The van der Waals surface area contributed by atoms with E-state index in [-0.39, 0.29) is 15.7 Å². The normalized spacial score (nSPS) is 12.4. The highest BCUT2D eigenvalue weighted by molar-refractivity contribution is 7.93. The van der Waals surface area contributed by atoms with E-state index in [0.29, 0.717) is 4.31 Å². The molecule has 11 heteroatoms. The van der Waals surface area contributed by atoms with E-state index >= 15 is 0 Å². The summed E-state index contributed by atoms with van der Waals surface area (Å²) in [5.74, 6) is -1.47. The average Bonchev–Trinajstić information content (AvgIpc) is 2.58. The number of rotatable bonds is 6. The topological polar surface area (TPSA) is 118 Å². The molecule has 138 valence electrons. The highest BCUT2D eigenvalue weighted by Gasteiger charge is 2.38. The van der Waals surface area contributed by atoms with Crippen LogP contribution < -0.4 is 4.31 Å². The maximum atomic E-state index is 13.1. The van der Waals surface area contributed by atoms with Crippen LogP contribution in [0.5, 0.6) is 0 Å². The fraction of sp³-hybridized carbons (Fsp3) is 0.133. The van der Waals surface area contributed by atoms with E-state index < -0.39 is 37.5 Å². The number of hydrogen-bond donors (Lipinski definition) is 1. The number of nitro groups is 1. The van der Waals surface area contributed by atoms with Crippen LogP contribution in [-0.2, 0) is 14.8 Å². The van der Waals surface area contributed by atoms with E-state index in [1.807, 2.05) is 0 Å². The maximum Gasteiger partial charge on any atom is 0.327 e. The van der Waals surface area contributed by atoms with Crippen molar-refractivity contribution >= 4 is 50.6 Å². The Balaban J connectivity index is 2.80. The average molecular weight is 419 g/mol. The van der Waals surface area contributed by atoms with Gasteiger partial charge in [-0.15, -0.1) is 0 Å². The fourth-order valence-electron chi connectivity index (χ4n) is 2.24. The van der Waals surface area contributed by atoms with Crippen LogP contribution in [0.15, 0.2) is 47.4 Å². The Bertz CT molecular complexity index is 980. The molecule has 1 unspecified atom stereocenters. The summed E-state index contributed by atoms with van der Waals surface area (Å²) in [5, 5.41) is 20.4. The van der Waals surface area contributed by atoms with Crippen molar-refractivity contribution in [1.29, 1.82) is 0 Å². The van der Waals surface area contributed by atoms with E-state index in [1.54, 1.807) is 0 Å². The molecule has 0 saturated carbocycles. The Morgan fingerprint density at radius 1 is 1.19 bits per heavy atom. The van der Waals surface area contributed by atoms with Crippen LogP contribution in [-0.4, -0.2) is 30.5 Å². The third-order valence-electron chi connectivity index (χ3n) is 3.48. The van der Waals surface area contributed by atoms with E-state index in [1.165, 1.54) is 30.3 Å². The zero-order valence-corrected chi connectivity index (χ0v) is 15.5. The Morgan fingerprint density at radius 2 is 1.81 bits per heavy atom. The summed E-state index contributed by atoms with van der Waals surface area (Å²) >= 11 is 12.0. The van der Waals surface area contributed by atoms with Gasteiger partial charge in [-0.05, 0) is 25.1 Å². The molecule has 0 radical (unpaired) electrons. The molecule has 0 aliphatic carbocycles. The largest absolute Gasteiger partial charge is 0.480 e. The first-order chi connectivity index (χ1) is 12.1. The monoisotopic (exact) mass is 418 g/mol. The van der Waals surface area contributed by atoms with Gasteiger partial charge in [-0.3, -0.25) is 14.4 Å². The number of halogens is 2. The summed E-state index contributed by atoms with van der Waals surface area (Å²) in [5.41, 5.74) is -0.888. The molecule has 0 heterocycles. The Kier molecular flexibility index (Phi) is 5.74. The van der Waals surface area contributed by atoms with Gasteiger partial charge in [0.05, 0.1) is 20.7 Å². The molecule has 0 amide bonds. The second kappa shape index (κ2) is 7.48. The van der Waals surface area contributed by atoms with Gasteiger partial charge in [-0.2, -0.15) is 0 Å². The standard InChI is InChI=1S/C15H12Cl2N2O6S/c1-9(15(20)21)18(12-7-4-5-10(16)14(12)17)26(24,25)13-8-3-2-6-11(13)19(22)23/h2-9H,1H3,(H,20,21). The smallest absolute Gasteiger partial charge is 0.327 e. The fourth-order valence-corrected chi connectivity index (χ4v) is 4.46. The highest BCUT2D eigenvalue weighted by atomic mass is 35.5. The summed E-state index contributed by atoms with van der Waals surface area (Å²) < 4.78 is 26.8. The Hall–Kier alpha value is -2.36. The van der Waals surface area contributed by atoms with E-state index in [9.17, 15) is 28.4 Å². The number of carboxylic acid groups (broad SMARTS) is 1. The lowest BCUT2D eigenvalue weighted by molar-refractivity contribution is -0.387.